The van der Waals surface area contributed by atoms with Crippen LogP contribution in [0.5, 0.6) is 5.75 Å². The zero-order valence-corrected chi connectivity index (χ0v) is 14.4. The number of aliphatic hydroxyl groups is 1. The lowest BCUT2D eigenvalue weighted by Gasteiger charge is -2.32. The van der Waals surface area contributed by atoms with Gasteiger partial charge in [-0.05, 0) is 43.5 Å². The van der Waals surface area contributed by atoms with Gasteiger partial charge in [0.15, 0.2) is 6.10 Å². The fraction of sp³-hybridized carbons (Fsp3) is 0.350. The van der Waals surface area contributed by atoms with Crippen molar-refractivity contribution in [1.82, 2.24) is 4.90 Å². The van der Waals surface area contributed by atoms with Gasteiger partial charge < -0.3 is 14.7 Å². The van der Waals surface area contributed by atoms with E-state index in [0.29, 0.717) is 16.9 Å². The fourth-order valence-electron chi connectivity index (χ4n) is 3.10. The highest BCUT2D eigenvalue weighted by atomic mass is 19.1. The van der Waals surface area contributed by atoms with Gasteiger partial charge in [0.05, 0.1) is 13.2 Å². The Bertz CT molecular complexity index is 760. The summed E-state index contributed by atoms with van der Waals surface area (Å²) in [6.45, 7) is 1.80. The molecular weight excluding hydrogens is 321 g/mol. The van der Waals surface area contributed by atoms with Gasteiger partial charge in [0.1, 0.15) is 11.6 Å². The summed E-state index contributed by atoms with van der Waals surface area (Å²) < 4.78 is 19.3. The molecule has 2 unspecified atom stereocenters. The first-order valence-electron chi connectivity index (χ1n) is 8.41. The maximum atomic E-state index is 14.2. The van der Waals surface area contributed by atoms with Crippen molar-refractivity contribution < 1.29 is 19.0 Å². The Morgan fingerprint density at radius 3 is 2.60 bits per heavy atom. The van der Waals surface area contributed by atoms with E-state index in [1.165, 1.54) is 13.2 Å². The van der Waals surface area contributed by atoms with E-state index in [-0.39, 0.29) is 11.9 Å². The molecule has 1 fully saturated rings. The largest absolute Gasteiger partial charge is 0.497 e. The Kier molecular flexibility index (Phi) is 5.04. The van der Waals surface area contributed by atoms with Gasteiger partial charge in [-0.2, -0.15) is 0 Å². The maximum absolute atomic E-state index is 14.2. The second-order valence-electron chi connectivity index (χ2n) is 6.35. The van der Waals surface area contributed by atoms with Crippen molar-refractivity contribution in [2.24, 2.45) is 0 Å². The first-order chi connectivity index (χ1) is 12.0. The normalized spacial score (nSPS) is 16.2. The third kappa shape index (κ3) is 3.66. The average Bonchev–Trinajstić information content (AvgIpc) is 3.46. The lowest BCUT2D eigenvalue weighted by Crippen LogP contribution is -2.39. The van der Waals surface area contributed by atoms with E-state index in [4.69, 9.17) is 4.74 Å². The zero-order chi connectivity index (χ0) is 18.0. The standard InChI is InChI=1S/C20H22FNO3/c1-13(17-8-3-4-9-18(17)21)22(15-10-11-15)20(24)19(23)14-6-5-7-16(12-14)25-2/h3-9,12-13,15,19,23H,10-11H2,1-2H3. The van der Waals surface area contributed by atoms with Gasteiger partial charge in [-0.3, -0.25) is 4.79 Å². The molecule has 0 bridgehead atoms. The van der Waals surface area contributed by atoms with Crippen LogP contribution in [0.15, 0.2) is 48.5 Å². The molecule has 1 aliphatic carbocycles. The monoisotopic (exact) mass is 343 g/mol. The predicted octanol–water partition coefficient (Wildman–Crippen LogP) is 3.62. The second-order valence-corrected chi connectivity index (χ2v) is 6.35. The summed E-state index contributed by atoms with van der Waals surface area (Å²) in [4.78, 5) is 14.6. The number of methoxy groups -OCH3 is 1. The summed E-state index contributed by atoms with van der Waals surface area (Å²) in [6.07, 6.45) is 0.440. The van der Waals surface area contributed by atoms with Crippen LogP contribution in [-0.4, -0.2) is 29.1 Å². The van der Waals surface area contributed by atoms with Gasteiger partial charge in [-0.1, -0.05) is 30.3 Å². The quantitative estimate of drug-likeness (QED) is 0.871. The number of halogens is 1. The number of benzene rings is 2. The molecule has 5 heteroatoms. The lowest BCUT2D eigenvalue weighted by atomic mass is 10.0. The van der Waals surface area contributed by atoms with Crippen molar-refractivity contribution in [2.75, 3.05) is 7.11 Å². The average molecular weight is 343 g/mol. The van der Waals surface area contributed by atoms with Gasteiger partial charge in [0.25, 0.3) is 5.91 Å². The molecule has 0 spiro atoms. The maximum Gasteiger partial charge on any atom is 0.256 e. The van der Waals surface area contributed by atoms with Crippen molar-refractivity contribution in [2.45, 2.75) is 38.0 Å². The van der Waals surface area contributed by atoms with Crippen molar-refractivity contribution in [1.29, 1.82) is 0 Å². The summed E-state index contributed by atoms with van der Waals surface area (Å²) >= 11 is 0. The van der Waals surface area contributed by atoms with E-state index in [1.54, 1.807) is 54.3 Å². The number of ether oxygens (including phenoxy) is 1. The Balaban J connectivity index is 1.87. The molecule has 1 amide bonds. The van der Waals surface area contributed by atoms with E-state index >= 15 is 0 Å². The highest BCUT2D eigenvalue weighted by Gasteiger charge is 2.39. The summed E-state index contributed by atoms with van der Waals surface area (Å²) in [7, 11) is 1.53. The molecule has 2 aromatic rings. The third-order valence-corrected chi connectivity index (χ3v) is 4.61. The van der Waals surface area contributed by atoms with Crippen LogP contribution < -0.4 is 4.74 Å². The molecule has 0 aromatic heterocycles. The molecule has 2 atom stereocenters. The van der Waals surface area contributed by atoms with Crippen LogP contribution in [0, 0.1) is 5.82 Å². The van der Waals surface area contributed by atoms with Crippen LogP contribution >= 0.6 is 0 Å². The molecule has 25 heavy (non-hydrogen) atoms. The third-order valence-electron chi connectivity index (χ3n) is 4.61. The van der Waals surface area contributed by atoms with Crippen LogP contribution in [0.3, 0.4) is 0 Å². The molecule has 132 valence electrons. The molecule has 0 heterocycles. The summed E-state index contributed by atoms with van der Waals surface area (Å²) in [5.74, 6) is -0.180. The van der Waals surface area contributed by atoms with Crippen molar-refractivity contribution in [3.8, 4) is 5.75 Å². The fourth-order valence-corrected chi connectivity index (χ4v) is 3.10. The predicted molar refractivity (Wildman–Crippen MR) is 92.6 cm³/mol. The Labute approximate surface area is 146 Å². The molecule has 0 saturated heterocycles. The van der Waals surface area contributed by atoms with Gasteiger partial charge >= 0.3 is 0 Å². The van der Waals surface area contributed by atoms with E-state index in [0.717, 1.165) is 12.8 Å². The highest BCUT2D eigenvalue weighted by molar-refractivity contribution is 5.83. The minimum absolute atomic E-state index is 0.0439. The molecular formula is C20H22FNO3. The van der Waals surface area contributed by atoms with Crippen LogP contribution in [0.1, 0.15) is 43.0 Å². The van der Waals surface area contributed by atoms with E-state index in [9.17, 15) is 14.3 Å². The van der Waals surface area contributed by atoms with E-state index < -0.39 is 18.1 Å². The van der Waals surface area contributed by atoms with E-state index in [1.807, 2.05) is 0 Å². The Morgan fingerprint density at radius 1 is 1.24 bits per heavy atom. The number of nitrogens with zero attached hydrogens (tertiary/aromatic N) is 1. The van der Waals surface area contributed by atoms with Crippen molar-refractivity contribution >= 4 is 5.91 Å². The molecule has 4 nitrogen and oxygen atoms in total. The van der Waals surface area contributed by atoms with Crippen molar-refractivity contribution in [3.05, 3.63) is 65.5 Å². The first-order valence-corrected chi connectivity index (χ1v) is 8.41. The molecule has 2 aromatic carbocycles. The van der Waals surface area contributed by atoms with Gasteiger partial charge in [0, 0.05) is 11.6 Å². The summed E-state index contributed by atoms with van der Waals surface area (Å²) in [5.41, 5.74) is 0.927. The second kappa shape index (κ2) is 7.23. The number of carbonyl (C=O) groups is 1. The van der Waals surface area contributed by atoms with Crippen LogP contribution in [-0.2, 0) is 4.79 Å². The van der Waals surface area contributed by atoms with Gasteiger partial charge in [-0.25, -0.2) is 4.39 Å². The Morgan fingerprint density at radius 2 is 1.96 bits per heavy atom. The number of carbonyl (C=O) groups excluding carboxylic acids is 1. The number of amides is 1. The van der Waals surface area contributed by atoms with Crippen molar-refractivity contribution in [3.63, 3.8) is 0 Å². The molecule has 0 aliphatic heterocycles. The topological polar surface area (TPSA) is 49.8 Å². The lowest BCUT2D eigenvalue weighted by molar-refractivity contribution is -0.143. The highest BCUT2D eigenvalue weighted by Crippen LogP contribution is 2.37. The van der Waals surface area contributed by atoms with Crippen LogP contribution in [0.25, 0.3) is 0 Å². The smallest absolute Gasteiger partial charge is 0.256 e. The SMILES string of the molecule is COc1cccc(C(O)C(=O)N(C2CC2)C(C)c2ccccc2F)c1. The Hall–Kier alpha value is -2.40. The number of hydrogen-bond donors (Lipinski definition) is 1. The molecule has 1 aliphatic rings. The van der Waals surface area contributed by atoms with Crippen LogP contribution in [0.2, 0.25) is 0 Å². The summed E-state index contributed by atoms with van der Waals surface area (Å²) in [6, 6.07) is 12.9. The van der Waals surface area contributed by atoms with E-state index in [2.05, 4.69) is 0 Å². The first kappa shape index (κ1) is 17.4. The molecule has 1 saturated carbocycles. The number of hydrogen-bond acceptors (Lipinski definition) is 3. The molecule has 1 N–H and O–H groups in total. The number of rotatable bonds is 6. The zero-order valence-electron chi connectivity index (χ0n) is 14.4. The van der Waals surface area contributed by atoms with Gasteiger partial charge in [-0.15, -0.1) is 0 Å². The van der Waals surface area contributed by atoms with Crippen LogP contribution in [0.4, 0.5) is 4.39 Å². The summed E-state index contributed by atoms with van der Waals surface area (Å²) in [5, 5.41) is 10.6. The molecule has 0 radical (unpaired) electrons. The number of aliphatic hydroxyl groups excluding tert-OH is 1. The minimum Gasteiger partial charge on any atom is -0.497 e. The van der Waals surface area contributed by atoms with Gasteiger partial charge in [0.2, 0.25) is 0 Å². The minimum atomic E-state index is -1.30. The molecule has 3 rings (SSSR count).